The molecular weight excluding hydrogens is 574 g/mol. The lowest BCUT2D eigenvalue weighted by atomic mass is 10.0. The van der Waals surface area contributed by atoms with E-state index in [9.17, 15) is 28.0 Å². The second kappa shape index (κ2) is 30.4. The van der Waals surface area contributed by atoms with Gasteiger partial charge in [-0.1, -0.05) is 154 Å². The summed E-state index contributed by atoms with van der Waals surface area (Å²) < 4.78 is 32.3. The van der Waals surface area contributed by atoms with Crippen molar-refractivity contribution < 1.29 is 28.0 Å². The average molecular weight is 644 g/mol. The fourth-order valence-electron chi connectivity index (χ4n) is 5.39. The van der Waals surface area contributed by atoms with Gasteiger partial charge in [-0.25, -0.2) is 0 Å². The number of amides is 1. The summed E-state index contributed by atoms with van der Waals surface area (Å²) >= 11 is 0. The van der Waals surface area contributed by atoms with Crippen LogP contribution in [0.25, 0.3) is 0 Å². The van der Waals surface area contributed by atoms with E-state index in [1.165, 1.54) is 109 Å². The highest BCUT2D eigenvalue weighted by molar-refractivity contribution is 7.85. The number of carbonyl (C=O) groups is 1. The summed E-state index contributed by atoms with van der Waals surface area (Å²) in [5.41, 5.74) is 0. The lowest BCUT2D eigenvalue weighted by molar-refractivity contribution is -0.130. The zero-order valence-electron chi connectivity index (χ0n) is 28.4. The van der Waals surface area contributed by atoms with Crippen molar-refractivity contribution in [3.63, 3.8) is 0 Å². The monoisotopic (exact) mass is 643 g/mol. The summed E-state index contributed by atoms with van der Waals surface area (Å²) in [6.45, 7) is 4.46. The molecule has 7 nitrogen and oxygen atoms in total. The maximum atomic E-state index is 12.5. The van der Waals surface area contributed by atoms with E-state index in [1.807, 2.05) is 0 Å². The predicted octanol–water partition coefficient (Wildman–Crippen LogP) is 8.99. The molecule has 44 heavy (non-hydrogen) atoms. The first-order valence-electron chi connectivity index (χ1n) is 18.1. The summed E-state index contributed by atoms with van der Waals surface area (Å²) in [5.74, 6) is -1.54. The Labute approximate surface area is 271 Å². The quantitative estimate of drug-likeness (QED) is 0.0329. The van der Waals surface area contributed by atoms with Gasteiger partial charge in [-0.15, -0.1) is 0 Å². The smallest absolute Gasteiger partial charge is 0.267 e. The molecule has 260 valence electrons. The van der Waals surface area contributed by atoms with Crippen LogP contribution in [0.1, 0.15) is 174 Å². The van der Waals surface area contributed by atoms with E-state index in [2.05, 4.69) is 31.3 Å². The number of nitrogens with one attached hydrogen (secondary N) is 1. The van der Waals surface area contributed by atoms with Gasteiger partial charge in [-0.05, 0) is 44.9 Å². The van der Waals surface area contributed by atoms with Gasteiger partial charge in [0.2, 0.25) is 5.91 Å². The van der Waals surface area contributed by atoms with Crippen LogP contribution in [0, 0.1) is 0 Å². The molecule has 0 saturated heterocycles. The molecule has 0 aromatic carbocycles. The second-order valence-corrected chi connectivity index (χ2v) is 14.1. The first-order valence-corrected chi connectivity index (χ1v) is 19.8. The molecule has 1 amide bonds. The molecule has 8 heteroatoms. The molecule has 0 saturated carbocycles. The Balaban J connectivity index is 4.11. The van der Waals surface area contributed by atoms with Crippen LogP contribution in [-0.4, -0.2) is 53.1 Å². The van der Waals surface area contributed by atoms with Gasteiger partial charge in [0.25, 0.3) is 10.1 Å². The van der Waals surface area contributed by atoms with Crippen molar-refractivity contribution in [2.75, 3.05) is 5.75 Å². The van der Waals surface area contributed by atoms with Crippen LogP contribution in [0.5, 0.6) is 0 Å². The summed E-state index contributed by atoms with van der Waals surface area (Å²) in [5, 5.41) is 23.2. The number of hydrogen-bond donors (Lipinski definition) is 4. The first kappa shape index (κ1) is 42.8. The molecule has 0 heterocycles. The lowest BCUT2D eigenvalue weighted by Crippen LogP contribution is -2.50. The molecular formula is C36H69NO6S. The Bertz CT molecular complexity index is 813. The molecule has 0 aromatic heterocycles. The van der Waals surface area contributed by atoms with E-state index in [4.69, 9.17) is 0 Å². The molecule has 4 N–H and O–H groups in total. The molecule has 0 spiro atoms. The van der Waals surface area contributed by atoms with Crippen molar-refractivity contribution in [1.29, 1.82) is 0 Å². The van der Waals surface area contributed by atoms with Gasteiger partial charge in [0, 0.05) is 0 Å². The third-order valence-electron chi connectivity index (χ3n) is 8.23. The minimum atomic E-state index is -4.43. The Morgan fingerprint density at radius 1 is 0.614 bits per heavy atom. The Morgan fingerprint density at radius 2 is 1.00 bits per heavy atom. The van der Waals surface area contributed by atoms with Crippen LogP contribution in [-0.2, 0) is 14.9 Å². The maximum absolute atomic E-state index is 12.5. The number of rotatable bonds is 32. The molecule has 3 unspecified atom stereocenters. The zero-order valence-corrected chi connectivity index (χ0v) is 29.2. The van der Waals surface area contributed by atoms with Crippen molar-refractivity contribution in [1.82, 2.24) is 5.32 Å². The van der Waals surface area contributed by atoms with E-state index in [-0.39, 0.29) is 6.42 Å². The lowest BCUT2D eigenvalue weighted by Gasteiger charge is -2.22. The van der Waals surface area contributed by atoms with Gasteiger partial charge in [0.05, 0.1) is 17.9 Å². The molecule has 0 aliphatic heterocycles. The molecule has 0 rings (SSSR count). The molecule has 3 atom stereocenters. The minimum absolute atomic E-state index is 0.274. The van der Waals surface area contributed by atoms with Crippen LogP contribution in [0.2, 0.25) is 0 Å². The normalized spacial score (nSPS) is 14.4. The summed E-state index contributed by atoms with van der Waals surface area (Å²) in [6.07, 6.45) is 33.7. The number of aliphatic hydroxyl groups excluding tert-OH is 2. The largest absolute Gasteiger partial charge is 0.387 e. The topological polar surface area (TPSA) is 124 Å². The van der Waals surface area contributed by atoms with Crippen LogP contribution in [0.3, 0.4) is 0 Å². The minimum Gasteiger partial charge on any atom is -0.387 e. The highest BCUT2D eigenvalue weighted by atomic mass is 32.2. The van der Waals surface area contributed by atoms with Crippen molar-refractivity contribution in [2.24, 2.45) is 0 Å². The number of unbranched alkanes of at least 4 members (excludes halogenated alkanes) is 21. The third-order valence-corrected chi connectivity index (χ3v) is 9.01. The SMILES string of the molecule is CCCCCCCC/C=C\CCCCCCCCC(O)C(=O)NC(CS(=O)(=O)O)C(O)/C=C/CCCCCCCCCCC. The van der Waals surface area contributed by atoms with Gasteiger partial charge in [0.15, 0.2) is 0 Å². The van der Waals surface area contributed by atoms with Crippen molar-refractivity contribution in [3.05, 3.63) is 24.3 Å². The van der Waals surface area contributed by atoms with Crippen LogP contribution < -0.4 is 5.32 Å². The number of allylic oxidation sites excluding steroid dienone is 3. The summed E-state index contributed by atoms with van der Waals surface area (Å²) in [6, 6.07) is -1.23. The first-order chi connectivity index (χ1) is 21.2. The van der Waals surface area contributed by atoms with Crippen molar-refractivity contribution >= 4 is 16.0 Å². The van der Waals surface area contributed by atoms with Gasteiger partial charge in [-0.2, -0.15) is 8.42 Å². The van der Waals surface area contributed by atoms with Crippen LogP contribution in [0.4, 0.5) is 0 Å². The predicted molar refractivity (Wildman–Crippen MR) is 185 cm³/mol. The highest BCUT2D eigenvalue weighted by Crippen LogP contribution is 2.13. The second-order valence-electron chi connectivity index (χ2n) is 12.6. The molecule has 0 aliphatic carbocycles. The average Bonchev–Trinajstić information content (AvgIpc) is 2.98. The van der Waals surface area contributed by atoms with Crippen molar-refractivity contribution in [3.8, 4) is 0 Å². The Morgan fingerprint density at radius 3 is 1.43 bits per heavy atom. The fourth-order valence-corrected chi connectivity index (χ4v) is 6.12. The van der Waals surface area contributed by atoms with Gasteiger partial charge >= 0.3 is 0 Å². The molecule has 0 aliphatic rings. The number of carbonyl (C=O) groups excluding carboxylic acids is 1. The fraction of sp³-hybridized carbons (Fsp3) is 0.861. The van der Waals surface area contributed by atoms with E-state index in [0.717, 1.165) is 44.9 Å². The molecule has 0 bridgehead atoms. The van der Waals surface area contributed by atoms with Gasteiger partial charge in [0.1, 0.15) is 6.10 Å². The highest BCUT2D eigenvalue weighted by Gasteiger charge is 2.27. The van der Waals surface area contributed by atoms with Gasteiger partial charge in [-0.3, -0.25) is 9.35 Å². The van der Waals surface area contributed by atoms with E-state index in [1.54, 1.807) is 6.08 Å². The maximum Gasteiger partial charge on any atom is 0.267 e. The molecule has 0 radical (unpaired) electrons. The molecule has 0 fully saturated rings. The Kier molecular flexibility index (Phi) is 29.6. The van der Waals surface area contributed by atoms with E-state index < -0.39 is 40.0 Å². The van der Waals surface area contributed by atoms with Crippen LogP contribution >= 0.6 is 0 Å². The van der Waals surface area contributed by atoms with E-state index >= 15 is 0 Å². The summed E-state index contributed by atoms with van der Waals surface area (Å²) in [4.78, 5) is 12.5. The zero-order chi connectivity index (χ0) is 32.7. The number of aliphatic hydroxyl groups is 2. The van der Waals surface area contributed by atoms with Crippen molar-refractivity contribution in [2.45, 2.75) is 193 Å². The van der Waals surface area contributed by atoms with Crippen LogP contribution in [0.15, 0.2) is 24.3 Å². The van der Waals surface area contributed by atoms with E-state index in [0.29, 0.717) is 6.42 Å². The summed E-state index contributed by atoms with van der Waals surface area (Å²) in [7, 11) is -4.43. The van der Waals surface area contributed by atoms with Gasteiger partial charge < -0.3 is 15.5 Å². The molecule has 0 aromatic rings. The standard InChI is InChI=1S/C36H69NO6S/c1-3-5-7-9-11-13-15-16-17-18-19-21-23-25-27-29-31-35(39)36(40)37-33(32-44(41,42)43)34(38)30-28-26-24-22-20-14-12-10-8-6-4-2/h16-17,28,30,33-35,38-39H,3-15,18-27,29,31-32H2,1-2H3,(H,37,40)(H,41,42,43)/b17-16-,30-28+. The Hall–Kier alpha value is -1.22. The number of hydrogen-bond acceptors (Lipinski definition) is 5. The third kappa shape index (κ3) is 29.5.